The number of hydrazone groups is 2. The smallest absolute Gasteiger partial charge is 0.240 e. The van der Waals surface area contributed by atoms with E-state index in [1.165, 1.54) is 0 Å². The number of hydrogen-bond donors (Lipinski definition) is 5. The monoisotopic (exact) mass is 673 g/mol. The largest absolute Gasteiger partial charge is 0.324 e. The molecule has 0 bridgehead atoms. The number of sulfonamides is 2. The van der Waals surface area contributed by atoms with Crippen molar-refractivity contribution in [1.29, 1.82) is 0 Å². The summed E-state index contributed by atoms with van der Waals surface area (Å²) in [4.78, 5) is 9.49. The Hall–Kier alpha value is -4.70. The molecule has 3 aromatic carbocycles. The molecule has 0 spiro atoms. The Balaban J connectivity index is 1.18. The quantitative estimate of drug-likeness (QED) is 0.0931. The molecule has 2 saturated carbocycles. The molecule has 1 heterocycles. The normalized spacial score (nSPS) is 15.7. The van der Waals surface area contributed by atoms with Gasteiger partial charge in [0, 0.05) is 23.8 Å². The minimum absolute atomic E-state index is 0.0297. The minimum Gasteiger partial charge on any atom is -0.324 e. The number of aromatic nitrogens is 2. The second kappa shape index (κ2) is 13.6. The van der Waals surface area contributed by atoms with E-state index in [0.29, 0.717) is 29.0 Å². The number of nitrogens with zero attached hydrogens (tertiary/aromatic N) is 4. The van der Waals surface area contributed by atoms with Gasteiger partial charge in [0.2, 0.25) is 26.0 Å². The third-order valence-electron chi connectivity index (χ3n) is 7.40. The lowest BCUT2D eigenvalue weighted by Gasteiger charge is -2.11. The molecule has 0 amide bonds. The molecule has 2 fully saturated rings. The Morgan fingerprint density at radius 2 is 1.06 bits per heavy atom. The molecule has 0 radical (unpaired) electrons. The Morgan fingerprint density at radius 1 is 0.638 bits per heavy atom. The summed E-state index contributed by atoms with van der Waals surface area (Å²) in [6.07, 6.45) is 3.46. The van der Waals surface area contributed by atoms with Gasteiger partial charge in [-0.2, -0.15) is 20.2 Å². The number of anilines is 4. The standard InChI is InChI=1S/C32H35N9O4S2/c1-21(23-8-16-28(17-9-23)46(42,43)40-26-12-13-26)36-38-30-20-31(35-32(34-30)33-25-6-4-3-5-7-25)39-37-22(2)24-10-18-29(19-11-24)47(44,45)41-27-14-15-27/h3-11,16-20,26-27,40-41H,12-15H2,1-2H3,(H3,33,34,35,38,39)/b36-21-,37-22-. The van der Waals surface area contributed by atoms with Gasteiger partial charge in [-0.1, -0.05) is 42.5 Å². The van der Waals surface area contributed by atoms with Gasteiger partial charge in [-0.3, -0.25) is 10.9 Å². The highest BCUT2D eigenvalue weighted by Gasteiger charge is 2.28. The fourth-order valence-electron chi connectivity index (χ4n) is 4.41. The van der Waals surface area contributed by atoms with Gasteiger partial charge in [0.05, 0.1) is 21.2 Å². The Labute approximate surface area is 274 Å². The lowest BCUT2D eigenvalue weighted by molar-refractivity contribution is 0.579. The fourth-order valence-corrected chi connectivity index (χ4v) is 7.02. The van der Waals surface area contributed by atoms with Gasteiger partial charge in [0.15, 0.2) is 11.6 Å². The van der Waals surface area contributed by atoms with Gasteiger partial charge in [-0.05, 0) is 87.1 Å². The van der Waals surface area contributed by atoms with Crippen molar-refractivity contribution >= 4 is 54.7 Å². The Kier molecular flexibility index (Phi) is 9.31. The van der Waals surface area contributed by atoms with Crippen molar-refractivity contribution in [1.82, 2.24) is 19.4 Å². The molecule has 0 aliphatic heterocycles. The molecule has 15 heteroatoms. The first-order chi connectivity index (χ1) is 22.5. The van der Waals surface area contributed by atoms with Crippen LogP contribution < -0.4 is 25.6 Å². The van der Waals surface area contributed by atoms with E-state index in [-0.39, 0.29) is 21.9 Å². The molecular weight excluding hydrogens is 639 g/mol. The van der Waals surface area contributed by atoms with E-state index in [1.807, 2.05) is 30.3 Å². The van der Waals surface area contributed by atoms with Gasteiger partial charge < -0.3 is 5.32 Å². The average Bonchev–Trinajstić information content (AvgIpc) is 4.01. The van der Waals surface area contributed by atoms with Gasteiger partial charge in [-0.15, -0.1) is 0 Å². The third-order valence-corrected chi connectivity index (χ3v) is 10.5. The van der Waals surface area contributed by atoms with Crippen LogP contribution in [-0.2, 0) is 20.0 Å². The molecule has 2 aliphatic rings. The van der Waals surface area contributed by atoms with E-state index in [4.69, 9.17) is 0 Å². The summed E-state index contributed by atoms with van der Waals surface area (Å²) in [5.74, 6) is 1.04. The molecule has 244 valence electrons. The molecule has 13 nitrogen and oxygen atoms in total. The first-order valence-electron chi connectivity index (χ1n) is 15.1. The van der Waals surface area contributed by atoms with Gasteiger partial charge in [0.25, 0.3) is 0 Å². The van der Waals surface area contributed by atoms with Crippen LogP contribution in [0.3, 0.4) is 0 Å². The Bertz CT molecular complexity index is 1890. The Morgan fingerprint density at radius 3 is 1.47 bits per heavy atom. The molecule has 0 unspecified atom stereocenters. The van der Waals surface area contributed by atoms with Crippen LogP contribution >= 0.6 is 0 Å². The zero-order valence-electron chi connectivity index (χ0n) is 25.8. The van der Waals surface area contributed by atoms with Crippen LogP contribution in [0.25, 0.3) is 0 Å². The summed E-state index contributed by atoms with van der Waals surface area (Å²) in [6, 6.07) is 24.2. The first-order valence-corrected chi connectivity index (χ1v) is 18.1. The van der Waals surface area contributed by atoms with Gasteiger partial charge in [0.1, 0.15) is 0 Å². The van der Waals surface area contributed by atoms with Crippen LogP contribution in [0.4, 0.5) is 23.3 Å². The second-order valence-electron chi connectivity index (χ2n) is 11.4. The van der Waals surface area contributed by atoms with Crippen molar-refractivity contribution in [3.63, 3.8) is 0 Å². The topological polar surface area (TPSA) is 179 Å². The molecule has 0 atom stereocenters. The predicted molar refractivity (Wildman–Crippen MR) is 183 cm³/mol. The van der Waals surface area contributed by atoms with E-state index < -0.39 is 20.0 Å². The first kappa shape index (κ1) is 32.2. The predicted octanol–water partition coefficient (Wildman–Crippen LogP) is 4.77. The number of nitrogens with one attached hydrogen (secondary N) is 5. The van der Waals surface area contributed by atoms with Crippen LogP contribution in [0.15, 0.2) is 105 Å². The molecule has 5 N–H and O–H groups in total. The number of rotatable bonds is 14. The highest BCUT2D eigenvalue weighted by molar-refractivity contribution is 7.89. The summed E-state index contributed by atoms with van der Waals surface area (Å²) in [7, 11) is -7.09. The van der Waals surface area contributed by atoms with Crippen LogP contribution in [-0.4, -0.2) is 50.3 Å². The van der Waals surface area contributed by atoms with Crippen LogP contribution in [0, 0.1) is 0 Å². The highest BCUT2D eigenvalue weighted by Crippen LogP contribution is 2.24. The van der Waals surface area contributed by atoms with Crippen molar-refractivity contribution < 1.29 is 16.8 Å². The van der Waals surface area contributed by atoms with E-state index in [2.05, 4.69) is 45.8 Å². The van der Waals surface area contributed by atoms with Crippen molar-refractivity contribution in [2.24, 2.45) is 10.2 Å². The molecule has 47 heavy (non-hydrogen) atoms. The second-order valence-corrected chi connectivity index (χ2v) is 14.8. The number of para-hydroxylation sites is 1. The number of benzene rings is 3. The molecule has 4 aromatic rings. The van der Waals surface area contributed by atoms with Crippen molar-refractivity contribution in [3.8, 4) is 0 Å². The molecule has 1 aromatic heterocycles. The summed E-state index contributed by atoms with van der Waals surface area (Å²) >= 11 is 0. The summed E-state index contributed by atoms with van der Waals surface area (Å²) in [5.41, 5.74) is 9.40. The maximum atomic E-state index is 12.5. The number of hydrogen-bond acceptors (Lipinski definition) is 11. The maximum absolute atomic E-state index is 12.5. The van der Waals surface area contributed by atoms with Crippen LogP contribution in [0.2, 0.25) is 0 Å². The average molecular weight is 674 g/mol. The fraction of sp³-hybridized carbons (Fsp3) is 0.250. The van der Waals surface area contributed by atoms with E-state index in [0.717, 1.165) is 42.5 Å². The van der Waals surface area contributed by atoms with Crippen LogP contribution in [0.1, 0.15) is 50.7 Å². The lowest BCUT2D eigenvalue weighted by atomic mass is 10.1. The zero-order chi connectivity index (χ0) is 33.0. The van der Waals surface area contributed by atoms with E-state index in [1.54, 1.807) is 68.4 Å². The van der Waals surface area contributed by atoms with E-state index in [9.17, 15) is 16.8 Å². The molecule has 2 aliphatic carbocycles. The van der Waals surface area contributed by atoms with Gasteiger partial charge >= 0.3 is 0 Å². The highest BCUT2D eigenvalue weighted by atomic mass is 32.2. The molecule has 0 saturated heterocycles. The summed E-state index contributed by atoms with van der Waals surface area (Å²) in [5, 5.41) is 12.1. The van der Waals surface area contributed by atoms with Gasteiger partial charge in [-0.25, -0.2) is 26.3 Å². The third kappa shape index (κ3) is 8.77. The SMILES string of the molecule is C/C(=N/Nc1cc(N/N=C(/C)c2ccc(S(=O)(=O)NC3CC3)cc2)nc(Nc2ccccc2)n1)c1ccc(S(=O)(=O)NC2CC2)cc1. The van der Waals surface area contributed by atoms with Crippen LogP contribution in [0.5, 0.6) is 0 Å². The summed E-state index contributed by atoms with van der Waals surface area (Å²) < 4.78 is 55.4. The van der Waals surface area contributed by atoms with Crippen molar-refractivity contribution in [3.05, 3.63) is 96.1 Å². The molecule has 6 rings (SSSR count). The zero-order valence-corrected chi connectivity index (χ0v) is 27.4. The van der Waals surface area contributed by atoms with Crippen molar-refractivity contribution in [2.75, 3.05) is 16.2 Å². The minimum atomic E-state index is -3.54. The summed E-state index contributed by atoms with van der Waals surface area (Å²) in [6.45, 7) is 3.60. The van der Waals surface area contributed by atoms with E-state index >= 15 is 0 Å². The molecular formula is C32H35N9O4S2. The maximum Gasteiger partial charge on any atom is 0.240 e. The lowest BCUT2D eigenvalue weighted by Crippen LogP contribution is -2.25. The van der Waals surface area contributed by atoms with Crippen molar-refractivity contribution in [2.45, 2.75) is 61.4 Å².